The van der Waals surface area contributed by atoms with Crippen molar-refractivity contribution >= 4 is 17.5 Å². The number of aliphatic hydroxyl groups excluding tert-OH is 1. The zero-order valence-electron chi connectivity index (χ0n) is 20.8. The van der Waals surface area contributed by atoms with E-state index in [0.717, 1.165) is 24.8 Å². The number of hydrogen-bond acceptors (Lipinski definition) is 6. The number of carbonyl (C=O) groups excluding carboxylic acids is 3. The molecule has 4 aliphatic rings. The number of esters is 1. The first-order valence-electron chi connectivity index (χ1n) is 12.8. The van der Waals surface area contributed by atoms with Crippen molar-refractivity contribution in [2.75, 3.05) is 6.61 Å². The summed E-state index contributed by atoms with van der Waals surface area (Å²) in [6.45, 7) is 3.62. The summed E-state index contributed by atoms with van der Waals surface area (Å²) in [5, 5.41) is 23.2. The van der Waals surface area contributed by atoms with Gasteiger partial charge in [0.25, 0.3) is 0 Å². The molecule has 1 unspecified atom stereocenters. The fourth-order valence-electron chi connectivity index (χ4n) is 8.19. The van der Waals surface area contributed by atoms with Gasteiger partial charge in [0, 0.05) is 17.9 Å². The third-order valence-corrected chi connectivity index (χ3v) is 10.0. The molecule has 1 aromatic heterocycles. The molecule has 0 aliphatic heterocycles. The van der Waals surface area contributed by atoms with Crippen molar-refractivity contribution < 1.29 is 33.9 Å². The highest BCUT2D eigenvalue weighted by Gasteiger charge is 2.68. The van der Waals surface area contributed by atoms with Gasteiger partial charge in [-0.15, -0.1) is 0 Å². The Morgan fingerprint density at radius 1 is 1.20 bits per heavy atom. The lowest BCUT2D eigenvalue weighted by atomic mass is 9.45. The predicted octanol–water partition coefficient (Wildman–Crippen LogP) is 2.47. The van der Waals surface area contributed by atoms with Crippen LogP contribution < -0.4 is 4.57 Å². The molecule has 1 aromatic rings. The number of carbonyl (C=O) groups is 3. The maximum atomic E-state index is 13.4. The Bertz CT molecular complexity index is 1110. The fraction of sp³-hybridized carbons (Fsp3) is 0.643. The number of fused-ring (bicyclic) bond motifs is 5. The van der Waals surface area contributed by atoms with Crippen LogP contribution in [0.15, 0.2) is 36.2 Å². The third-order valence-electron chi connectivity index (χ3n) is 10.0. The van der Waals surface area contributed by atoms with Crippen molar-refractivity contribution in [3.8, 4) is 0 Å². The summed E-state index contributed by atoms with van der Waals surface area (Å²) in [4.78, 5) is 37.9. The van der Waals surface area contributed by atoms with E-state index in [4.69, 9.17) is 4.74 Å². The molecule has 3 fully saturated rings. The predicted molar refractivity (Wildman–Crippen MR) is 126 cm³/mol. The van der Waals surface area contributed by atoms with Crippen LogP contribution in [0.2, 0.25) is 0 Å². The summed E-state index contributed by atoms with van der Waals surface area (Å²) in [7, 11) is 1.79. The average Bonchev–Trinajstić information content (AvgIpc) is 3.08. The number of hydrogen-bond donors (Lipinski definition) is 2. The number of nitrogens with zero attached hydrogens (tertiary/aromatic N) is 1. The van der Waals surface area contributed by atoms with Crippen LogP contribution >= 0.6 is 0 Å². The minimum absolute atomic E-state index is 0.0165. The number of aliphatic hydroxyl groups is 2. The Morgan fingerprint density at radius 2 is 1.97 bits per heavy atom. The molecule has 0 saturated heterocycles. The minimum atomic E-state index is -1.65. The summed E-state index contributed by atoms with van der Waals surface area (Å²) >= 11 is 0. The Hall–Kier alpha value is -2.38. The molecular formula is C28H36NO6+. The average molecular weight is 483 g/mol. The van der Waals surface area contributed by atoms with E-state index in [9.17, 15) is 24.6 Å². The molecular weight excluding hydrogens is 446 g/mol. The first-order chi connectivity index (χ1) is 16.5. The zero-order valence-corrected chi connectivity index (χ0v) is 20.8. The van der Waals surface area contributed by atoms with E-state index in [1.165, 1.54) is 0 Å². The highest BCUT2D eigenvalue weighted by molar-refractivity contribution is 5.94. The second-order valence-corrected chi connectivity index (χ2v) is 11.7. The standard InChI is InChI=1S/C28H36NO6/c1-26-10-8-19(30)13-18(26)6-7-20-21-9-11-28(34,27(21,2)14-22(31)24(20)26)23(32)16-35-25(33)17-5-4-12-29(3)15-17/h4-5,12-13,15,20-22,24,31,34H,6-11,14,16H2,1-3H3/q+1/t20-,21-,22?,24+,26-,27-,28-/m0/s1. The quantitative estimate of drug-likeness (QED) is 0.505. The van der Waals surface area contributed by atoms with Crippen LogP contribution in [-0.2, 0) is 21.4 Å². The molecule has 5 rings (SSSR count). The van der Waals surface area contributed by atoms with Crippen molar-refractivity contribution in [2.24, 2.45) is 35.6 Å². The molecule has 7 atom stereocenters. The topological polar surface area (TPSA) is 105 Å². The van der Waals surface area contributed by atoms with Crippen LogP contribution in [0.1, 0.15) is 69.2 Å². The van der Waals surface area contributed by atoms with E-state index in [-0.39, 0.29) is 29.0 Å². The number of allylic oxidation sites excluding steroid dienone is 1. The molecule has 1 heterocycles. The minimum Gasteiger partial charge on any atom is -0.454 e. The third kappa shape index (κ3) is 3.61. The molecule has 7 nitrogen and oxygen atoms in total. The molecule has 4 aliphatic carbocycles. The molecule has 0 spiro atoms. The number of aryl methyl sites for hydroxylation is 1. The Morgan fingerprint density at radius 3 is 2.71 bits per heavy atom. The Balaban J connectivity index is 1.36. The van der Waals surface area contributed by atoms with Gasteiger partial charge < -0.3 is 14.9 Å². The number of aromatic nitrogens is 1. The maximum Gasteiger partial charge on any atom is 0.344 e. The van der Waals surface area contributed by atoms with Gasteiger partial charge in [0.15, 0.2) is 24.8 Å². The highest BCUT2D eigenvalue weighted by atomic mass is 16.5. The molecule has 188 valence electrons. The van der Waals surface area contributed by atoms with Gasteiger partial charge in [-0.1, -0.05) is 19.4 Å². The van der Waals surface area contributed by atoms with Crippen LogP contribution in [0, 0.1) is 28.6 Å². The number of pyridine rings is 1. The number of ether oxygens (including phenoxy) is 1. The maximum absolute atomic E-state index is 13.4. The van der Waals surface area contributed by atoms with Gasteiger partial charge in [-0.05, 0) is 73.8 Å². The van der Waals surface area contributed by atoms with E-state index in [1.807, 2.05) is 6.92 Å². The van der Waals surface area contributed by atoms with Crippen LogP contribution in [-0.4, -0.2) is 46.1 Å². The van der Waals surface area contributed by atoms with Crippen LogP contribution in [0.3, 0.4) is 0 Å². The van der Waals surface area contributed by atoms with E-state index >= 15 is 0 Å². The lowest BCUT2D eigenvalue weighted by Gasteiger charge is -2.60. The molecule has 2 N–H and O–H groups in total. The summed E-state index contributed by atoms with van der Waals surface area (Å²) in [5.41, 5.74) is -1.16. The summed E-state index contributed by atoms with van der Waals surface area (Å²) < 4.78 is 7.04. The van der Waals surface area contributed by atoms with Gasteiger partial charge >= 0.3 is 5.97 Å². The van der Waals surface area contributed by atoms with Gasteiger partial charge in [-0.25, -0.2) is 9.36 Å². The molecule has 0 aromatic carbocycles. The highest BCUT2D eigenvalue weighted by Crippen LogP contribution is 2.67. The molecule has 35 heavy (non-hydrogen) atoms. The van der Waals surface area contributed by atoms with Gasteiger partial charge in [-0.3, -0.25) is 9.59 Å². The lowest BCUT2D eigenvalue weighted by Crippen LogP contribution is -2.62. The SMILES string of the molecule is C[n+]1cccc(C(=O)OCC(=O)[C@@]2(O)CC[C@H]3[C@@H]4CCC5=CC(=O)CC[C@]5(C)[C@H]4C(O)C[C@@]32C)c1. The van der Waals surface area contributed by atoms with Crippen LogP contribution in [0.25, 0.3) is 0 Å². The van der Waals surface area contributed by atoms with Crippen molar-refractivity contribution in [1.29, 1.82) is 0 Å². The molecule has 7 heteroatoms. The number of rotatable bonds is 4. The van der Waals surface area contributed by atoms with E-state index in [0.29, 0.717) is 31.2 Å². The largest absolute Gasteiger partial charge is 0.454 e. The second-order valence-electron chi connectivity index (χ2n) is 11.7. The van der Waals surface area contributed by atoms with Crippen molar-refractivity contribution in [1.82, 2.24) is 0 Å². The van der Waals surface area contributed by atoms with E-state index in [2.05, 4.69) is 6.92 Å². The lowest BCUT2D eigenvalue weighted by molar-refractivity contribution is -0.671. The van der Waals surface area contributed by atoms with Gasteiger partial charge in [-0.2, -0.15) is 0 Å². The van der Waals surface area contributed by atoms with Gasteiger partial charge in [0.2, 0.25) is 5.78 Å². The monoisotopic (exact) mass is 482 g/mol. The Kier molecular flexibility index (Phi) is 5.80. The normalized spacial score (nSPS) is 40.3. The summed E-state index contributed by atoms with van der Waals surface area (Å²) in [6.07, 6.45) is 8.78. The van der Waals surface area contributed by atoms with Gasteiger partial charge in [0.1, 0.15) is 18.2 Å². The molecule has 0 bridgehead atoms. The molecule has 0 radical (unpaired) electrons. The first-order valence-corrected chi connectivity index (χ1v) is 12.8. The molecule has 0 amide bonds. The van der Waals surface area contributed by atoms with Crippen LogP contribution in [0.4, 0.5) is 0 Å². The smallest absolute Gasteiger partial charge is 0.344 e. The summed E-state index contributed by atoms with van der Waals surface area (Å²) in [6, 6.07) is 3.35. The zero-order chi connectivity index (χ0) is 25.2. The summed E-state index contributed by atoms with van der Waals surface area (Å²) in [5.74, 6) is -0.647. The van der Waals surface area contributed by atoms with Crippen molar-refractivity contribution in [3.63, 3.8) is 0 Å². The fourth-order valence-corrected chi connectivity index (χ4v) is 8.19. The number of ketones is 2. The Labute approximate surface area is 206 Å². The van der Waals surface area contributed by atoms with Gasteiger partial charge in [0.05, 0.1) is 6.10 Å². The van der Waals surface area contributed by atoms with Crippen molar-refractivity contribution in [2.45, 2.75) is 70.5 Å². The molecule has 3 saturated carbocycles. The van der Waals surface area contributed by atoms with E-state index < -0.39 is 35.5 Å². The van der Waals surface area contributed by atoms with Crippen LogP contribution in [0.5, 0.6) is 0 Å². The van der Waals surface area contributed by atoms with E-state index in [1.54, 1.807) is 42.2 Å². The number of Topliss-reactive ketones (excluding diaryl/α,β-unsaturated/α-hetero) is 1. The first kappa shape index (κ1) is 24.3. The van der Waals surface area contributed by atoms with Crippen molar-refractivity contribution in [3.05, 3.63) is 41.7 Å². The second kappa shape index (κ2) is 8.34.